The highest BCUT2D eigenvalue weighted by Gasteiger charge is 2.32. The van der Waals surface area contributed by atoms with Gasteiger partial charge in [-0.2, -0.15) is 5.48 Å². The number of hydrogen-bond acceptors (Lipinski definition) is 6. The molecule has 0 aromatic carbocycles. The summed E-state index contributed by atoms with van der Waals surface area (Å²) in [7, 11) is 0. The van der Waals surface area contributed by atoms with Gasteiger partial charge in [-0.3, -0.25) is 4.84 Å². The number of rotatable bonds is 5. The summed E-state index contributed by atoms with van der Waals surface area (Å²) in [6.45, 7) is 3.67. The predicted molar refractivity (Wildman–Crippen MR) is 48.6 cm³/mol. The van der Waals surface area contributed by atoms with Crippen LogP contribution in [0.15, 0.2) is 12.7 Å². The predicted octanol–water partition coefficient (Wildman–Crippen LogP) is -2.77. The second-order valence-corrected chi connectivity index (χ2v) is 3.40. The smallest absolute Gasteiger partial charge is 0.137 e. The van der Waals surface area contributed by atoms with Crippen LogP contribution < -0.4 is 15.7 Å². The highest BCUT2D eigenvalue weighted by atomic mass is 16.6. The molecular formula is C9H12N2O5-2. The Kier molecular flexibility index (Phi) is 4.27. The van der Waals surface area contributed by atoms with Crippen LogP contribution in [0.2, 0.25) is 0 Å². The molecule has 1 aliphatic heterocycles. The molecule has 2 atom stereocenters. The lowest BCUT2D eigenvalue weighted by Crippen LogP contribution is -2.51. The van der Waals surface area contributed by atoms with Crippen molar-refractivity contribution < 1.29 is 24.6 Å². The number of nitrogens with zero attached hydrogens (tertiary/aromatic N) is 1. The van der Waals surface area contributed by atoms with Gasteiger partial charge in [-0.15, -0.1) is 6.58 Å². The van der Waals surface area contributed by atoms with Crippen LogP contribution >= 0.6 is 0 Å². The number of carboxylic acids is 1. The van der Waals surface area contributed by atoms with Crippen LogP contribution in [0.25, 0.3) is 0 Å². The monoisotopic (exact) mass is 228 g/mol. The summed E-state index contributed by atoms with van der Waals surface area (Å²) < 4.78 is 0. The number of hydroxylamine groups is 1. The first-order valence-corrected chi connectivity index (χ1v) is 4.73. The van der Waals surface area contributed by atoms with Gasteiger partial charge in [-0.05, 0) is 6.42 Å². The number of likely N-dealkylation sites (tertiary alicyclic amines) is 1. The third-order valence-electron chi connectivity index (χ3n) is 2.26. The molecule has 0 saturated carbocycles. The zero-order valence-electron chi connectivity index (χ0n) is 8.55. The summed E-state index contributed by atoms with van der Waals surface area (Å²) in [4.78, 5) is 26.9. The molecule has 0 bridgehead atoms. The summed E-state index contributed by atoms with van der Waals surface area (Å²) >= 11 is 0. The van der Waals surface area contributed by atoms with Crippen molar-refractivity contribution in [2.75, 3.05) is 13.2 Å². The number of nitrogens with one attached hydrogen (secondary N) is 1. The molecule has 1 N–H and O–H groups in total. The van der Waals surface area contributed by atoms with Gasteiger partial charge in [-0.25, -0.2) is 0 Å². The van der Waals surface area contributed by atoms with Crippen LogP contribution in [0.5, 0.6) is 0 Å². The molecule has 7 nitrogen and oxygen atoms in total. The molecule has 0 aromatic heterocycles. The van der Waals surface area contributed by atoms with Crippen molar-refractivity contribution in [3.63, 3.8) is 0 Å². The largest absolute Gasteiger partial charge is 0.548 e. The molecule has 0 unspecified atom stereocenters. The average molecular weight is 228 g/mol. The van der Waals surface area contributed by atoms with Crippen LogP contribution in [0.3, 0.4) is 0 Å². The van der Waals surface area contributed by atoms with Crippen molar-refractivity contribution in [3.05, 3.63) is 12.7 Å². The molecule has 1 amide bonds. The molecule has 0 radical (unpaired) electrons. The number of carboxylic acid groups (broad SMARTS) is 2. The molecule has 1 aliphatic rings. The molecule has 1 rings (SSSR count). The summed E-state index contributed by atoms with van der Waals surface area (Å²) in [5, 5.41) is 21.3. The zero-order valence-corrected chi connectivity index (χ0v) is 8.55. The minimum Gasteiger partial charge on any atom is -0.548 e. The van der Waals surface area contributed by atoms with Crippen molar-refractivity contribution in [3.8, 4) is 0 Å². The maximum Gasteiger partial charge on any atom is 0.137 e. The first kappa shape index (κ1) is 12.5. The third kappa shape index (κ3) is 2.94. The van der Waals surface area contributed by atoms with Crippen molar-refractivity contribution >= 4 is 12.1 Å². The van der Waals surface area contributed by atoms with Crippen LogP contribution in [0.1, 0.15) is 6.42 Å². The van der Waals surface area contributed by atoms with E-state index in [-0.39, 0.29) is 25.6 Å². The molecule has 1 heterocycles. The Morgan fingerprint density at radius 3 is 2.69 bits per heavy atom. The molecule has 90 valence electrons. The molecule has 0 aliphatic carbocycles. The lowest BCUT2D eigenvalue weighted by atomic mass is 10.2. The topological polar surface area (TPSA) is 105 Å². The second kappa shape index (κ2) is 5.47. The molecule has 7 heteroatoms. The quantitative estimate of drug-likeness (QED) is 0.310. The van der Waals surface area contributed by atoms with E-state index in [2.05, 4.69) is 12.1 Å². The van der Waals surface area contributed by atoms with Crippen molar-refractivity contribution in [1.29, 1.82) is 0 Å². The zero-order chi connectivity index (χ0) is 12.1. The number of carbonyl (C=O) groups is 2. The number of amides is 1. The molecule has 16 heavy (non-hydrogen) atoms. The average Bonchev–Trinajstić information content (AvgIpc) is 2.62. The van der Waals surface area contributed by atoms with Gasteiger partial charge < -0.3 is 24.7 Å². The van der Waals surface area contributed by atoms with E-state index in [1.54, 1.807) is 0 Å². The fraction of sp³-hybridized carbons (Fsp3) is 0.556. The van der Waals surface area contributed by atoms with E-state index >= 15 is 0 Å². The van der Waals surface area contributed by atoms with E-state index in [0.717, 1.165) is 0 Å². The number of carbonyl (C=O) groups excluding carboxylic acids is 2. The highest BCUT2D eigenvalue weighted by molar-refractivity contribution is 5.78. The number of aliphatic carboxylic acids is 1. The number of hydrogen-bond donors (Lipinski definition) is 1. The van der Waals surface area contributed by atoms with E-state index in [1.165, 1.54) is 6.08 Å². The standard InChI is InChI=1S/C9H14N2O5/c1-2-3-16-10-6-4-7(8(12)13)11(5-6)9(14)15/h2,6-7,10H,1,3-5H2,(H,12,13)(H,14,15)/p-2/t6-,7+/m1/s1. The van der Waals surface area contributed by atoms with E-state index in [9.17, 15) is 19.8 Å². The highest BCUT2D eigenvalue weighted by Crippen LogP contribution is 2.16. The lowest BCUT2D eigenvalue weighted by molar-refractivity contribution is -0.314. The summed E-state index contributed by atoms with van der Waals surface area (Å²) in [5.41, 5.74) is 2.56. The normalized spacial score (nSPS) is 24.4. The Balaban J connectivity index is 2.51. The SMILES string of the molecule is C=CCON[C@@H]1C[C@@H](C(=O)[O-])N(C(=O)[O-])C1. The summed E-state index contributed by atoms with van der Waals surface area (Å²) in [5.74, 6) is -1.43. The van der Waals surface area contributed by atoms with Crippen LogP contribution in [-0.4, -0.2) is 42.2 Å². The van der Waals surface area contributed by atoms with Crippen molar-refractivity contribution in [1.82, 2.24) is 10.4 Å². The third-order valence-corrected chi connectivity index (χ3v) is 2.26. The van der Waals surface area contributed by atoms with Gasteiger partial charge in [0.1, 0.15) is 6.09 Å². The first-order chi connectivity index (χ1) is 7.56. The van der Waals surface area contributed by atoms with Crippen LogP contribution in [-0.2, 0) is 9.63 Å². The Labute approximate surface area is 92.3 Å². The van der Waals surface area contributed by atoms with Crippen LogP contribution in [0, 0.1) is 0 Å². The van der Waals surface area contributed by atoms with E-state index in [4.69, 9.17) is 4.84 Å². The Morgan fingerprint density at radius 1 is 1.56 bits per heavy atom. The van der Waals surface area contributed by atoms with Gasteiger partial charge in [0.2, 0.25) is 0 Å². The maximum absolute atomic E-state index is 10.7. The van der Waals surface area contributed by atoms with Gasteiger partial charge in [0.05, 0.1) is 24.7 Å². The fourth-order valence-electron chi connectivity index (χ4n) is 1.57. The lowest BCUT2D eigenvalue weighted by Gasteiger charge is -2.27. The van der Waals surface area contributed by atoms with Gasteiger partial charge in [0.25, 0.3) is 0 Å². The van der Waals surface area contributed by atoms with E-state index in [0.29, 0.717) is 4.90 Å². The molecule has 1 saturated heterocycles. The van der Waals surface area contributed by atoms with Gasteiger partial charge in [-0.1, -0.05) is 6.08 Å². The Morgan fingerprint density at radius 2 is 2.25 bits per heavy atom. The molecule has 1 fully saturated rings. The van der Waals surface area contributed by atoms with E-state index in [1.807, 2.05) is 0 Å². The van der Waals surface area contributed by atoms with Crippen LogP contribution in [0.4, 0.5) is 4.79 Å². The second-order valence-electron chi connectivity index (χ2n) is 3.40. The van der Waals surface area contributed by atoms with E-state index < -0.39 is 18.1 Å². The van der Waals surface area contributed by atoms with Gasteiger partial charge in [0, 0.05) is 6.54 Å². The molecule has 0 spiro atoms. The minimum atomic E-state index is -1.53. The first-order valence-electron chi connectivity index (χ1n) is 4.73. The Hall–Kier alpha value is -1.60. The fourth-order valence-corrected chi connectivity index (χ4v) is 1.57. The van der Waals surface area contributed by atoms with Gasteiger partial charge >= 0.3 is 0 Å². The van der Waals surface area contributed by atoms with Crippen molar-refractivity contribution in [2.24, 2.45) is 0 Å². The minimum absolute atomic E-state index is 0.00186. The molecule has 0 aromatic rings. The Bertz CT molecular complexity index is 272. The van der Waals surface area contributed by atoms with Crippen molar-refractivity contribution in [2.45, 2.75) is 18.5 Å². The molecular weight excluding hydrogens is 216 g/mol. The summed E-state index contributed by atoms with van der Waals surface area (Å²) in [6, 6.07) is -1.57. The summed E-state index contributed by atoms with van der Waals surface area (Å²) in [6.07, 6.45) is 0.0736. The van der Waals surface area contributed by atoms with Gasteiger partial charge in [0.15, 0.2) is 0 Å². The maximum atomic E-state index is 10.7.